The van der Waals surface area contributed by atoms with Gasteiger partial charge in [-0.3, -0.25) is 0 Å². The van der Waals surface area contributed by atoms with Gasteiger partial charge in [0.1, 0.15) is 4.90 Å². The van der Waals surface area contributed by atoms with Crippen molar-refractivity contribution in [2.75, 3.05) is 5.75 Å². The molecule has 80 valence electrons. The van der Waals surface area contributed by atoms with E-state index in [0.717, 1.165) is 0 Å². The number of nitrogens with zero attached hydrogens (tertiary/aromatic N) is 1. The largest absolute Gasteiger partial charge is 0.224 e. The van der Waals surface area contributed by atoms with Crippen LogP contribution in [-0.2, 0) is 9.84 Å². The lowest BCUT2D eigenvalue weighted by Gasteiger charge is -2.06. The van der Waals surface area contributed by atoms with Gasteiger partial charge in [-0.25, -0.2) is 8.42 Å². The highest BCUT2D eigenvalue weighted by Gasteiger charge is 2.20. The summed E-state index contributed by atoms with van der Waals surface area (Å²) >= 11 is 11.5. The Labute approximate surface area is 98.2 Å². The maximum atomic E-state index is 11.7. The van der Waals surface area contributed by atoms with E-state index in [-0.39, 0.29) is 27.1 Å². The lowest BCUT2D eigenvalue weighted by atomic mass is 10.4. The van der Waals surface area contributed by atoms with Crippen LogP contribution in [0, 0.1) is 11.3 Å². The van der Waals surface area contributed by atoms with E-state index in [2.05, 4.69) is 0 Å². The zero-order valence-electron chi connectivity index (χ0n) is 7.57. The molecule has 0 spiro atoms. The zero-order valence-corrected chi connectivity index (χ0v) is 9.90. The van der Waals surface area contributed by atoms with Crippen LogP contribution in [0.15, 0.2) is 23.1 Å². The molecule has 3 nitrogen and oxygen atoms in total. The summed E-state index contributed by atoms with van der Waals surface area (Å²) in [5.41, 5.74) is 0. The first-order valence-electron chi connectivity index (χ1n) is 4.03. The second-order valence-electron chi connectivity index (χ2n) is 2.78. The summed E-state index contributed by atoms with van der Waals surface area (Å²) in [6.07, 6.45) is -0.0795. The topological polar surface area (TPSA) is 57.9 Å². The van der Waals surface area contributed by atoms with Gasteiger partial charge in [0.2, 0.25) is 0 Å². The molecule has 1 aromatic carbocycles. The van der Waals surface area contributed by atoms with E-state index in [4.69, 9.17) is 28.5 Å². The van der Waals surface area contributed by atoms with Crippen LogP contribution in [0.25, 0.3) is 0 Å². The highest BCUT2D eigenvalue weighted by atomic mass is 35.5. The lowest BCUT2D eigenvalue weighted by Crippen LogP contribution is -2.07. The van der Waals surface area contributed by atoms with Crippen LogP contribution in [0.4, 0.5) is 0 Å². The number of benzene rings is 1. The quantitative estimate of drug-likeness (QED) is 0.843. The minimum absolute atomic E-state index is 0.0795. The molecule has 0 fully saturated rings. The summed E-state index contributed by atoms with van der Waals surface area (Å²) in [6, 6.07) is 6.23. The summed E-state index contributed by atoms with van der Waals surface area (Å²) in [7, 11) is -3.57. The molecule has 0 bridgehead atoms. The summed E-state index contributed by atoms with van der Waals surface area (Å²) in [4.78, 5) is -0.0939. The molecule has 1 aromatic rings. The maximum Gasteiger partial charge on any atom is 0.182 e. The Balaban J connectivity index is 3.22. The van der Waals surface area contributed by atoms with E-state index in [1.165, 1.54) is 12.1 Å². The standard InChI is InChI=1S/C9H7Cl2NO2S/c10-7-3-1-4-8(11)9(7)15(13,14)6-2-5-12/h1,3-4H,2,6H2. The molecular weight excluding hydrogens is 257 g/mol. The van der Waals surface area contributed by atoms with Crippen molar-refractivity contribution in [2.24, 2.45) is 0 Å². The van der Waals surface area contributed by atoms with Crippen LogP contribution < -0.4 is 0 Å². The third-order valence-electron chi connectivity index (χ3n) is 1.71. The van der Waals surface area contributed by atoms with Crippen molar-refractivity contribution in [1.82, 2.24) is 0 Å². The fraction of sp³-hybridized carbons (Fsp3) is 0.222. The molecule has 0 aliphatic carbocycles. The van der Waals surface area contributed by atoms with E-state index in [1.54, 1.807) is 12.1 Å². The number of hydrogen-bond acceptors (Lipinski definition) is 3. The molecule has 1 rings (SSSR count). The van der Waals surface area contributed by atoms with Gasteiger partial charge in [-0.15, -0.1) is 0 Å². The minimum atomic E-state index is -3.57. The van der Waals surface area contributed by atoms with Gasteiger partial charge in [-0.2, -0.15) is 5.26 Å². The van der Waals surface area contributed by atoms with Crippen LogP contribution >= 0.6 is 23.2 Å². The second-order valence-corrected chi connectivity index (χ2v) is 5.64. The molecular formula is C9H7Cl2NO2S. The summed E-state index contributed by atoms with van der Waals surface area (Å²) in [5.74, 6) is -0.271. The monoisotopic (exact) mass is 263 g/mol. The Morgan fingerprint density at radius 3 is 2.27 bits per heavy atom. The molecule has 0 aromatic heterocycles. The van der Waals surface area contributed by atoms with E-state index < -0.39 is 9.84 Å². The highest BCUT2D eigenvalue weighted by molar-refractivity contribution is 7.91. The molecule has 6 heteroatoms. The van der Waals surface area contributed by atoms with Crippen LogP contribution in [-0.4, -0.2) is 14.2 Å². The molecule has 0 saturated heterocycles. The Hall–Kier alpha value is -0.760. The number of hydrogen-bond donors (Lipinski definition) is 0. The Bertz CT molecular complexity index is 485. The molecule has 0 N–H and O–H groups in total. The smallest absolute Gasteiger partial charge is 0.182 e. The summed E-state index contributed by atoms with van der Waals surface area (Å²) in [6.45, 7) is 0. The van der Waals surface area contributed by atoms with Gasteiger partial charge < -0.3 is 0 Å². The normalized spacial score (nSPS) is 11.0. The lowest BCUT2D eigenvalue weighted by molar-refractivity contribution is 0.596. The first-order valence-corrected chi connectivity index (χ1v) is 6.43. The van der Waals surface area contributed by atoms with Gasteiger partial charge in [0.15, 0.2) is 9.84 Å². The predicted octanol–water partition coefficient (Wildman–Crippen LogP) is 2.68. The number of rotatable bonds is 3. The SMILES string of the molecule is N#CCCS(=O)(=O)c1c(Cl)cccc1Cl. The van der Waals surface area contributed by atoms with Crippen molar-refractivity contribution in [2.45, 2.75) is 11.3 Å². The molecule has 0 heterocycles. The predicted molar refractivity (Wildman–Crippen MR) is 58.7 cm³/mol. The van der Waals surface area contributed by atoms with Crippen molar-refractivity contribution < 1.29 is 8.42 Å². The van der Waals surface area contributed by atoms with E-state index in [0.29, 0.717) is 0 Å². The molecule has 0 aliphatic rings. The van der Waals surface area contributed by atoms with Gasteiger partial charge in [-0.1, -0.05) is 29.3 Å². The molecule has 0 atom stereocenters. The van der Waals surface area contributed by atoms with E-state index in [9.17, 15) is 8.42 Å². The van der Waals surface area contributed by atoms with Crippen molar-refractivity contribution in [3.63, 3.8) is 0 Å². The van der Waals surface area contributed by atoms with Gasteiger partial charge in [-0.05, 0) is 12.1 Å². The van der Waals surface area contributed by atoms with Crippen molar-refractivity contribution in [3.05, 3.63) is 28.2 Å². The molecule has 0 radical (unpaired) electrons. The van der Waals surface area contributed by atoms with Crippen molar-refractivity contribution in [1.29, 1.82) is 5.26 Å². The summed E-state index contributed by atoms with van der Waals surface area (Å²) < 4.78 is 23.4. The van der Waals surface area contributed by atoms with Gasteiger partial charge in [0.25, 0.3) is 0 Å². The first-order chi connectivity index (χ1) is 6.99. The Kier molecular flexibility index (Phi) is 3.97. The highest BCUT2D eigenvalue weighted by Crippen LogP contribution is 2.29. The fourth-order valence-corrected chi connectivity index (χ4v) is 3.46. The van der Waals surface area contributed by atoms with Crippen molar-refractivity contribution >= 4 is 33.0 Å². The zero-order chi connectivity index (χ0) is 11.5. The fourth-order valence-electron chi connectivity index (χ4n) is 1.06. The van der Waals surface area contributed by atoms with E-state index >= 15 is 0 Å². The van der Waals surface area contributed by atoms with Gasteiger partial charge in [0, 0.05) is 6.42 Å². The van der Waals surface area contributed by atoms with Crippen LogP contribution in [0.2, 0.25) is 10.0 Å². The van der Waals surface area contributed by atoms with Gasteiger partial charge >= 0.3 is 0 Å². The van der Waals surface area contributed by atoms with E-state index in [1.807, 2.05) is 0 Å². The third-order valence-corrected chi connectivity index (χ3v) is 4.37. The number of halogens is 2. The summed E-state index contributed by atoms with van der Waals surface area (Å²) in [5, 5.41) is 8.50. The van der Waals surface area contributed by atoms with Crippen molar-refractivity contribution in [3.8, 4) is 6.07 Å². The average Bonchev–Trinajstić information content (AvgIpc) is 2.14. The maximum absolute atomic E-state index is 11.7. The van der Waals surface area contributed by atoms with Gasteiger partial charge in [0.05, 0.1) is 21.9 Å². The molecule has 0 saturated carbocycles. The third kappa shape index (κ3) is 2.85. The molecule has 0 aliphatic heterocycles. The minimum Gasteiger partial charge on any atom is -0.224 e. The first kappa shape index (κ1) is 12.3. The molecule has 15 heavy (non-hydrogen) atoms. The van der Waals surface area contributed by atoms with Crippen LogP contribution in [0.1, 0.15) is 6.42 Å². The Morgan fingerprint density at radius 2 is 1.80 bits per heavy atom. The molecule has 0 unspecified atom stereocenters. The van der Waals surface area contributed by atoms with Crippen LogP contribution in [0.3, 0.4) is 0 Å². The number of nitriles is 1. The number of sulfone groups is 1. The Morgan fingerprint density at radius 1 is 1.27 bits per heavy atom. The van der Waals surface area contributed by atoms with Crippen LogP contribution in [0.5, 0.6) is 0 Å². The molecule has 0 amide bonds. The average molecular weight is 264 g/mol. The second kappa shape index (κ2) is 4.84.